The second kappa shape index (κ2) is 6.69. The summed E-state index contributed by atoms with van der Waals surface area (Å²) in [7, 11) is 0. The Hall–Kier alpha value is -1.56. The first-order valence-corrected chi connectivity index (χ1v) is 7.87. The second-order valence-electron chi connectivity index (χ2n) is 6.52. The van der Waals surface area contributed by atoms with Crippen molar-refractivity contribution in [2.24, 2.45) is 0 Å². The predicted molar refractivity (Wildman–Crippen MR) is 86.2 cm³/mol. The minimum absolute atomic E-state index is 0.0820. The monoisotopic (exact) mass is 326 g/mol. The molecule has 7 heteroatoms. The number of rotatable bonds is 3. The lowest BCUT2D eigenvalue weighted by Crippen LogP contribution is -2.42. The third kappa shape index (κ3) is 4.47. The highest BCUT2D eigenvalue weighted by Crippen LogP contribution is 2.21. The maximum absolute atomic E-state index is 12.2. The highest BCUT2D eigenvalue weighted by molar-refractivity contribution is 6.30. The van der Waals surface area contributed by atoms with Crippen LogP contribution in [0.3, 0.4) is 0 Å². The molecule has 0 saturated carbocycles. The predicted octanol–water partition coefficient (Wildman–Crippen LogP) is 3.25. The molecule has 2 heterocycles. The van der Waals surface area contributed by atoms with Crippen LogP contribution >= 0.6 is 11.6 Å². The van der Waals surface area contributed by atoms with Gasteiger partial charge in [0.05, 0.1) is 6.04 Å². The molecule has 1 amide bonds. The van der Waals surface area contributed by atoms with Gasteiger partial charge in [0.1, 0.15) is 10.8 Å². The van der Waals surface area contributed by atoms with E-state index in [1.807, 2.05) is 27.7 Å². The Morgan fingerprint density at radius 3 is 2.91 bits per heavy atom. The number of hydrogen-bond acceptors (Lipinski definition) is 5. The van der Waals surface area contributed by atoms with Crippen molar-refractivity contribution in [2.45, 2.75) is 52.2 Å². The normalized spacial score (nSPS) is 18.4. The quantitative estimate of drug-likeness (QED) is 0.864. The smallest absolute Gasteiger partial charge is 0.410 e. The van der Waals surface area contributed by atoms with Gasteiger partial charge < -0.3 is 15.0 Å². The number of ether oxygens (including phenoxy) is 1. The molecule has 0 aromatic carbocycles. The largest absolute Gasteiger partial charge is 0.444 e. The number of amides is 1. The summed E-state index contributed by atoms with van der Waals surface area (Å²) in [6.07, 6.45) is 3.32. The van der Waals surface area contributed by atoms with Crippen LogP contribution in [0.25, 0.3) is 0 Å². The van der Waals surface area contributed by atoms with Gasteiger partial charge in [0.15, 0.2) is 0 Å². The number of carbonyl (C=O) groups excluding carboxylic acids is 1. The van der Waals surface area contributed by atoms with E-state index >= 15 is 0 Å². The summed E-state index contributed by atoms with van der Waals surface area (Å²) in [6, 6.07) is 0.0820. The molecule has 1 fully saturated rings. The number of likely N-dealkylation sites (tertiary alicyclic amines) is 1. The third-order valence-corrected chi connectivity index (χ3v) is 3.79. The van der Waals surface area contributed by atoms with Gasteiger partial charge >= 0.3 is 6.09 Å². The number of nitrogens with zero attached hydrogens (tertiary/aromatic N) is 3. The van der Waals surface area contributed by atoms with Crippen LogP contribution in [-0.2, 0) is 4.74 Å². The molecule has 1 aliphatic rings. The fourth-order valence-electron chi connectivity index (χ4n) is 2.32. The van der Waals surface area contributed by atoms with Crippen LogP contribution < -0.4 is 5.32 Å². The van der Waals surface area contributed by atoms with Crippen LogP contribution in [0.2, 0.25) is 5.15 Å². The van der Waals surface area contributed by atoms with Crippen LogP contribution in [0, 0.1) is 6.92 Å². The number of anilines is 1. The van der Waals surface area contributed by atoms with E-state index in [1.165, 1.54) is 0 Å². The van der Waals surface area contributed by atoms with Crippen LogP contribution in [0.1, 0.15) is 39.2 Å². The van der Waals surface area contributed by atoms with E-state index in [2.05, 4.69) is 15.3 Å². The molecule has 2 rings (SSSR count). The van der Waals surface area contributed by atoms with E-state index in [1.54, 1.807) is 11.1 Å². The molecule has 6 nitrogen and oxygen atoms in total. The third-order valence-electron chi connectivity index (χ3n) is 3.41. The van der Waals surface area contributed by atoms with Gasteiger partial charge in [0.25, 0.3) is 0 Å². The van der Waals surface area contributed by atoms with E-state index < -0.39 is 5.60 Å². The van der Waals surface area contributed by atoms with Gasteiger partial charge in [-0.2, -0.15) is 0 Å². The fraction of sp³-hybridized carbons (Fsp3) is 0.667. The molecule has 0 radical (unpaired) electrons. The van der Waals surface area contributed by atoms with Crippen molar-refractivity contribution in [1.82, 2.24) is 14.9 Å². The molecule has 1 atom stereocenters. The summed E-state index contributed by atoms with van der Waals surface area (Å²) in [4.78, 5) is 22.3. The zero-order valence-corrected chi connectivity index (χ0v) is 14.3. The lowest BCUT2D eigenvalue weighted by atomic mass is 10.2. The molecule has 1 aliphatic heterocycles. The lowest BCUT2D eigenvalue weighted by Gasteiger charge is -2.28. The molecular formula is C15H23ClN4O2. The van der Waals surface area contributed by atoms with Crippen molar-refractivity contribution >= 4 is 23.6 Å². The van der Waals surface area contributed by atoms with E-state index in [-0.39, 0.29) is 12.1 Å². The minimum Gasteiger partial charge on any atom is -0.444 e. The van der Waals surface area contributed by atoms with Gasteiger partial charge in [0, 0.05) is 24.8 Å². The Bertz CT molecular complexity index is 545. The van der Waals surface area contributed by atoms with Crippen molar-refractivity contribution in [3.05, 3.63) is 16.9 Å². The minimum atomic E-state index is -0.481. The summed E-state index contributed by atoms with van der Waals surface area (Å²) in [6.45, 7) is 8.77. The number of hydrogen-bond donors (Lipinski definition) is 1. The van der Waals surface area contributed by atoms with Crippen LogP contribution in [0.4, 0.5) is 10.7 Å². The highest BCUT2D eigenvalue weighted by Gasteiger charge is 2.32. The van der Waals surface area contributed by atoms with Crippen LogP contribution in [-0.4, -0.2) is 45.7 Å². The second-order valence-corrected chi connectivity index (χ2v) is 6.88. The summed E-state index contributed by atoms with van der Waals surface area (Å²) >= 11 is 5.99. The first kappa shape index (κ1) is 16.8. The van der Waals surface area contributed by atoms with Gasteiger partial charge in [-0.15, -0.1) is 0 Å². The van der Waals surface area contributed by atoms with Gasteiger partial charge in [-0.25, -0.2) is 14.8 Å². The topological polar surface area (TPSA) is 67.4 Å². The Morgan fingerprint density at radius 2 is 2.27 bits per heavy atom. The molecule has 22 heavy (non-hydrogen) atoms. The number of halogens is 1. The van der Waals surface area contributed by atoms with E-state index in [4.69, 9.17) is 16.3 Å². The van der Waals surface area contributed by atoms with Gasteiger partial charge in [-0.1, -0.05) is 11.6 Å². The Balaban J connectivity index is 1.93. The van der Waals surface area contributed by atoms with E-state index in [0.717, 1.165) is 24.9 Å². The Morgan fingerprint density at radius 1 is 1.55 bits per heavy atom. The summed E-state index contributed by atoms with van der Waals surface area (Å²) in [5.74, 6) is 0.478. The average molecular weight is 327 g/mol. The molecule has 0 bridgehead atoms. The SMILES string of the molecule is Cc1cnc(NCC2CCCN2C(=O)OC(C)(C)C)nc1Cl. The van der Waals surface area contributed by atoms with Gasteiger partial charge in [-0.05, 0) is 40.5 Å². The standard InChI is InChI=1S/C15H23ClN4O2/c1-10-8-17-13(19-12(10)16)18-9-11-6-5-7-20(11)14(21)22-15(2,3)4/h8,11H,5-7,9H2,1-4H3,(H,17,18,19). The van der Waals surface area contributed by atoms with Crippen molar-refractivity contribution in [3.8, 4) is 0 Å². The molecule has 1 N–H and O–H groups in total. The van der Waals surface area contributed by atoms with E-state index in [9.17, 15) is 4.79 Å². The molecule has 0 aliphatic carbocycles. The molecule has 122 valence electrons. The summed E-state index contributed by atoms with van der Waals surface area (Å²) < 4.78 is 5.45. The first-order chi connectivity index (χ1) is 10.3. The molecule has 1 saturated heterocycles. The molecule has 0 spiro atoms. The number of aromatic nitrogens is 2. The van der Waals surface area contributed by atoms with Crippen molar-refractivity contribution < 1.29 is 9.53 Å². The Kier molecular flexibility index (Phi) is 5.11. The number of aryl methyl sites for hydroxylation is 1. The summed E-state index contributed by atoms with van der Waals surface area (Å²) in [5, 5.41) is 3.58. The van der Waals surface area contributed by atoms with Gasteiger partial charge in [-0.3, -0.25) is 0 Å². The zero-order valence-electron chi connectivity index (χ0n) is 13.5. The van der Waals surface area contributed by atoms with Gasteiger partial charge in [0.2, 0.25) is 5.95 Å². The number of carbonyl (C=O) groups is 1. The van der Waals surface area contributed by atoms with Crippen molar-refractivity contribution in [3.63, 3.8) is 0 Å². The fourth-order valence-corrected chi connectivity index (χ4v) is 2.45. The lowest BCUT2D eigenvalue weighted by molar-refractivity contribution is 0.0235. The summed E-state index contributed by atoms with van der Waals surface area (Å²) in [5.41, 5.74) is 0.356. The van der Waals surface area contributed by atoms with Crippen LogP contribution in [0.5, 0.6) is 0 Å². The van der Waals surface area contributed by atoms with Crippen LogP contribution in [0.15, 0.2) is 6.20 Å². The maximum Gasteiger partial charge on any atom is 0.410 e. The van der Waals surface area contributed by atoms with Crippen molar-refractivity contribution in [2.75, 3.05) is 18.4 Å². The maximum atomic E-state index is 12.2. The first-order valence-electron chi connectivity index (χ1n) is 7.49. The highest BCUT2D eigenvalue weighted by atomic mass is 35.5. The Labute approximate surface area is 136 Å². The van der Waals surface area contributed by atoms with Crippen molar-refractivity contribution in [1.29, 1.82) is 0 Å². The molecular weight excluding hydrogens is 304 g/mol. The molecule has 1 aromatic rings. The zero-order chi connectivity index (χ0) is 16.3. The average Bonchev–Trinajstić information content (AvgIpc) is 2.87. The molecule has 1 aromatic heterocycles. The van der Waals surface area contributed by atoms with E-state index in [0.29, 0.717) is 17.6 Å². The number of nitrogens with one attached hydrogen (secondary N) is 1. The molecule has 1 unspecified atom stereocenters.